The summed E-state index contributed by atoms with van der Waals surface area (Å²) in [7, 11) is 0. The van der Waals surface area contributed by atoms with Crippen molar-refractivity contribution in [3.8, 4) is 6.07 Å². The van der Waals surface area contributed by atoms with Gasteiger partial charge in [0.25, 0.3) is 5.91 Å². The van der Waals surface area contributed by atoms with Crippen LogP contribution in [0.15, 0.2) is 30.3 Å². The Morgan fingerprint density at radius 1 is 1.29 bits per heavy atom. The maximum atomic E-state index is 12.5. The number of hydrogen-bond acceptors (Lipinski definition) is 7. The molecule has 2 aromatic heterocycles. The number of esters is 1. The van der Waals surface area contributed by atoms with Crippen LogP contribution >= 0.6 is 11.3 Å². The average Bonchev–Trinajstić information content (AvgIpc) is 2.98. The topological polar surface area (TPSA) is 118 Å². The molecule has 0 saturated carbocycles. The van der Waals surface area contributed by atoms with Gasteiger partial charge >= 0.3 is 5.97 Å². The molecule has 1 atom stereocenters. The quantitative estimate of drug-likeness (QED) is 0.653. The van der Waals surface area contributed by atoms with Gasteiger partial charge in [-0.15, -0.1) is 11.3 Å². The van der Waals surface area contributed by atoms with E-state index in [2.05, 4.69) is 10.3 Å². The number of benzene rings is 1. The fourth-order valence-corrected chi connectivity index (χ4v) is 3.86. The minimum absolute atomic E-state index is 0.231. The third-order valence-electron chi connectivity index (χ3n) is 4.14. The number of hydrogen-bond donors (Lipinski definition) is 2. The number of rotatable bonds is 4. The number of ether oxygens (including phenoxy) is 1. The minimum atomic E-state index is -1.02. The third kappa shape index (κ3) is 3.80. The molecule has 7 nitrogen and oxygen atoms in total. The fourth-order valence-electron chi connectivity index (χ4n) is 2.76. The first kappa shape index (κ1) is 19.3. The molecule has 1 amide bonds. The third-order valence-corrected chi connectivity index (χ3v) is 5.22. The van der Waals surface area contributed by atoms with Crippen LogP contribution in [0, 0.1) is 25.2 Å². The van der Waals surface area contributed by atoms with Crippen molar-refractivity contribution in [1.29, 1.82) is 5.26 Å². The lowest BCUT2D eigenvalue weighted by Gasteiger charge is -2.13. The van der Waals surface area contributed by atoms with Crippen LogP contribution in [0.25, 0.3) is 10.2 Å². The van der Waals surface area contributed by atoms with Crippen molar-refractivity contribution in [3.63, 3.8) is 0 Å². The molecule has 28 heavy (non-hydrogen) atoms. The van der Waals surface area contributed by atoms with Gasteiger partial charge in [0.15, 0.2) is 6.10 Å². The predicted molar refractivity (Wildman–Crippen MR) is 108 cm³/mol. The first-order valence-electron chi connectivity index (χ1n) is 8.48. The zero-order valence-corrected chi connectivity index (χ0v) is 16.4. The van der Waals surface area contributed by atoms with Crippen molar-refractivity contribution < 1.29 is 14.3 Å². The zero-order chi connectivity index (χ0) is 20.4. The monoisotopic (exact) mass is 394 g/mol. The lowest BCUT2D eigenvalue weighted by Crippen LogP contribution is -2.29. The Hall–Kier alpha value is -3.44. The highest BCUT2D eigenvalue weighted by Crippen LogP contribution is 2.35. The Morgan fingerprint density at radius 3 is 2.61 bits per heavy atom. The molecule has 0 aliphatic heterocycles. The summed E-state index contributed by atoms with van der Waals surface area (Å²) in [5.74, 6) is -1.15. The number of pyridine rings is 1. The van der Waals surface area contributed by atoms with Crippen molar-refractivity contribution in [2.75, 3.05) is 11.1 Å². The summed E-state index contributed by atoms with van der Waals surface area (Å²) < 4.78 is 5.30. The number of carbonyl (C=O) groups excluding carboxylic acids is 2. The molecule has 0 bridgehead atoms. The molecule has 0 saturated heterocycles. The van der Waals surface area contributed by atoms with Crippen LogP contribution in [-0.2, 0) is 9.53 Å². The van der Waals surface area contributed by atoms with Crippen molar-refractivity contribution in [2.24, 2.45) is 0 Å². The maximum Gasteiger partial charge on any atom is 0.351 e. The van der Waals surface area contributed by atoms with E-state index >= 15 is 0 Å². The van der Waals surface area contributed by atoms with Gasteiger partial charge in [-0.3, -0.25) is 4.79 Å². The Kier molecular flexibility index (Phi) is 5.29. The first-order valence-corrected chi connectivity index (χ1v) is 9.30. The lowest BCUT2D eigenvalue weighted by molar-refractivity contribution is -0.123. The van der Waals surface area contributed by atoms with E-state index in [0.29, 0.717) is 21.8 Å². The number of thiophene rings is 1. The summed E-state index contributed by atoms with van der Waals surface area (Å²) in [6, 6.07) is 10.3. The largest absolute Gasteiger partial charge is 0.448 e. The number of anilines is 2. The lowest BCUT2D eigenvalue weighted by atomic mass is 10.1. The standard InChI is InChI=1S/C20H18N4O3S/c1-10-8-11(2)23-19-15(10)16(22)17(28-19)20(26)27-12(3)18(25)24-14-6-4-13(9-21)5-7-14/h4-8,12H,22H2,1-3H3,(H,24,25). The number of aryl methyl sites for hydroxylation is 2. The van der Waals surface area contributed by atoms with Crippen LogP contribution in [0.4, 0.5) is 11.4 Å². The molecule has 0 spiro atoms. The number of nitrogens with two attached hydrogens (primary N) is 1. The van der Waals surface area contributed by atoms with Gasteiger partial charge in [-0.2, -0.15) is 5.26 Å². The zero-order valence-electron chi connectivity index (χ0n) is 15.6. The molecule has 0 aliphatic carbocycles. The van der Waals surface area contributed by atoms with Crippen LogP contribution in [-0.4, -0.2) is 23.0 Å². The normalized spacial score (nSPS) is 11.6. The maximum absolute atomic E-state index is 12.5. The fraction of sp³-hybridized carbons (Fsp3) is 0.200. The molecule has 3 aromatic rings. The molecule has 142 valence electrons. The van der Waals surface area contributed by atoms with E-state index in [1.807, 2.05) is 26.0 Å². The van der Waals surface area contributed by atoms with Crippen LogP contribution in [0.3, 0.4) is 0 Å². The Balaban J connectivity index is 1.74. The summed E-state index contributed by atoms with van der Waals surface area (Å²) in [5, 5.41) is 12.2. The Morgan fingerprint density at radius 2 is 1.96 bits per heavy atom. The molecule has 3 N–H and O–H groups in total. The smallest absolute Gasteiger partial charge is 0.351 e. The number of amides is 1. The van der Waals surface area contributed by atoms with Crippen molar-refractivity contribution in [1.82, 2.24) is 4.98 Å². The van der Waals surface area contributed by atoms with E-state index in [1.54, 1.807) is 24.3 Å². The SMILES string of the molecule is Cc1cc(C)c2c(N)c(C(=O)OC(C)C(=O)Nc3ccc(C#N)cc3)sc2n1. The predicted octanol–water partition coefficient (Wildman–Crippen LogP) is 3.55. The average molecular weight is 394 g/mol. The van der Waals surface area contributed by atoms with Gasteiger partial charge in [-0.1, -0.05) is 0 Å². The molecular formula is C20H18N4O3S. The van der Waals surface area contributed by atoms with Gasteiger partial charge in [0, 0.05) is 16.8 Å². The molecule has 8 heteroatoms. The van der Waals surface area contributed by atoms with Gasteiger partial charge in [0.2, 0.25) is 0 Å². The van der Waals surface area contributed by atoms with E-state index in [4.69, 9.17) is 15.7 Å². The summed E-state index contributed by atoms with van der Waals surface area (Å²) in [4.78, 5) is 30.2. The first-order chi connectivity index (χ1) is 13.3. The van der Waals surface area contributed by atoms with Crippen LogP contribution in [0.2, 0.25) is 0 Å². The molecule has 1 aromatic carbocycles. The minimum Gasteiger partial charge on any atom is -0.448 e. The van der Waals surface area contributed by atoms with E-state index in [0.717, 1.165) is 28.0 Å². The highest BCUT2D eigenvalue weighted by molar-refractivity contribution is 7.21. The van der Waals surface area contributed by atoms with Crippen LogP contribution in [0.5, 0.6) is 0 Å². The van der Waals surface area contributed by atoms with Crippen molar-refractivity contribution in [2.45, 2.75) is 26.9 Å². The molecule has 3 rings (SSSR count). The van der Waals surface area contributed by atoms with Gasteiger partial charge < -0.3 is 15.8 Å². The van der Waals surface area contributed by atoms with Crippen molar-refractivity contribution >= 4 is 44.8 Å². The number of aromatic nitrogens is 1. The number of nitrogen functional groups attached to an aromatic ring is 1. The van der Waals surface area contributed by atoms with Gasteiger partial charge in [0.1, 0.15) is 9.71 Å². The number of nitrogens with one attached hydrogen (secondary N) is 1. The molecule has 0 fully saturated rings. The molecule has 0 radical (unpaired) electrons. The highest BCUT2D eigenvalue weighted by Gasteiger charge is 2.24. The number of fused-ring (bicyclic) bond motifs is 1. The second-order valence-corrected chi connectivity index (χ2v) is 7.33. The van der Waals surface area contributed by atoms with E-state index in [-0.39, 0.29) is 4.88 Å². The molecule has 2 heterocycles. The number of nitrogens with zero attached hydrogens (tertiary/aromatic N) is 2. The van der Waals surface area contributed by atoms with Crippen LogP contribution in [0.1, 0.15) is 33.4 Å². The van der Waals surface area contributed by atoms with E-state index < -0.39 is 18.0 Å². The number of carbonyl (C=O) groups is 2. The highest BCUT2D eigenvalue weighted by atomic mass is 32.1. The Bertz CT molecular complexity index is 1110. The summed E-state index contributed by atoms with van der Waals surface area (Å²) >= 11 is 1.15. The van der Waals surface area contributed by atoms with Gasteiger partial charge in [-0.05, 0) is 56.7 Å². The second-order valence-electron chi connectivity index (χ2n) is 6.33. The van der Waals surface area contributed by atoms with Gasteiger partial charge in [-0.25, -0.2) is 9.78 Å². The molecule has 0 aliphatic rings. The summed E-state index contributed by atoms with van der Waals surface area (Å²) in [6.07, 6.45) is -1.02. The molecule has 1 unspecified atom stereocenters. The number of nitriles is 1. The van der Waals surface area contributed by atoms with E-state index in [9.17, 15) is 9.59 Å². The second kappa shape index (κ2) is 7.66. The van der Waals surface area contributed by atoms with Crippen LogP contribution < -0.4 is 11.1 Å². The summed E-state index contributed by atoms with van der Waals surface area (Å²) in [5.41, 5.74) is 9.20. The Labute approximate surface area is 165 Å². The van der Waals surface area contributed by atoms with E-state index in [1.165, 1.54) is 6.92 Å². The summed E-state index contributed by atoms with van der Waals surface area (Å²) in [6.45, 7) is 5.26. The van der Waals surface area contributed by atoms with Gasteiger partial charge in [0.05, 0.1) is 17.3 Å². The molecular weight excluding hydrogens is 376 g/mol. The van der Waals surface area contributed by atoms with Crippen molar-refractivity contribution in [3.05, 3.63) is 52.0 Å².